The van der Waals surface area contributed by atoms with Crippen LogP contribution in [0.25, 0.3) is 0 Å². The molecule has 0 aromatic heterocycles. The summed E-state index contributed by atoms with van der Waals surface area (Å²) in [6.45, 7) is 8.86. The van der Waals surface area contributed by atoms with E-state index in [0.717, 1.165) is 13.1 Å². The number of halogens is 1. The maximum absolute atomic E-state index is 3.71. The van der Waals surface area contributed by atoms with Crippen LogP contribution in [0.1, 0.15) is 32.8 Å². The fourth-order valence-electron chi connectivity index (χ4n) is 2.38. The molecule has 1 heterocycles. The fraction of sp³-hybridized carbons (Fsp3) is 0.571. The van der Waals surface area contributed by atoms with Crippen molar-refractivity contribution in [3.8, 4) is 0 Å². The number of fused-ring (bicyclic) bond motifs is 1. The topological polar surface area (TPSA) is 15.3 Å². The van der Waals surface area contributed by atoms with Crippen LogP contribution in [-0.2, 0) is 6.54 Å². The van der Waals surface area contributed by atoms with Crippen molar-refractivity contribution in [1.82, 2.24) is 5.32 Å². The van der Waals surface area contributed by atoms with Crippen LogP contribution in [0, 0.1) is 0 Å². The molecule has 1 N–H and O–H groups in total. The third-order valence-electron chi connectivity index (χ3n) is 3.59. The Morgan fingerprint density at radius 3 is 3.00 bits per heavy atom. The molecule has 1 aliphatic heterocycles. The first-order chi connectivity index (χ1) is 8.13. The number of hydrogen-bond acceptors (Lipinski definition) is 2. The molecular weight excluding hydrogens is 276 g/mol. The van der Waals surface area contributed by atoms with Crippen molar-refractivity contribution in [3.05, 3.63) is 28.2 Å². The van der Waals surface area contributed by atoms with E-state index in [1.165, 1.54) is 22.1 Å². The number of nitrogens with one attached hydrogen (secondary N) is 1. The van der Waals surface area contributed by atoms with E-state index in [1.807, 2.05) is 0 Å². The average molecular weight is 297 g/mol. The summed E-state index contributed by atoms with van der Waals surface area (Å²) >= 11 is 3.71. The van der Waals surface area contributed by atoms with Crippen molar-refractivity contribution < 1.29 is 0 Å². The maximum atomic E-state index is 3.71. The van der Waals surface area contributed by atoms with Gasteiger partial charge in [-0.3, -0.25) is 0 Å². The van der Waals surface area contributed by atoms with Crippen LogP contribution in [0.2, 0.25) is 0 Å². The lowest BCUT2D eigenvalue weighted by Crippen LogP contribution is -2.40. The number of hydrogen-bond donors (Lipinski definition) is 1. The second-order valence-corrected chi connectivity index (χ2v) is 5.79. The Balaban J connectivity index is 2.44. The van der Waals surface area contributed by atoms with E-state index < -0.39 is 0 Å². The molecule has 0 aliphatic carbocycles. The van der Waals surface area contributed by atoms with Crippen LogP contribution in [0.15, 0.2) is 22.7 Å². The van der Waals surface area contributed by atoms with Crippen molar-refractivity contribution in [1.29, 1.82) is 0 Å². The smallest absolute Gasteiger partial charge is 0.0559 e. The molecule has 2 nitrogen and oxygen atoms in total. The molecular formula is C14H21BrN2. The molecule has 0 fully saturated rings. The molecule has 94 valence electrons. The molecule has 2 atom stereocenters. The Labute approximate surface area is 113 Å². The summed E-state index contributed by atoms with van der Waals surface area (Å²) in [6, 6.07) is 7.60. The van der Waals surface area contributed by atoms with Gasteiger partial charge in [0.15, 0.2) is 0 Å². The number of nitrogens with zero attached hydrogens (tertiary/aromatic N) is 1. The largest absolute Gasteiger partial charge is 0.366 e. The van der Waals surface area contributed by atoms with E-state index in [4.69, 9.17) is 0 Å². The first-order valence-corrected chi connectivity index (χ1v) is 7.20. The van der Waals surface area contributed by atoms with Gasteiger partial charge in [-0.2, -0.15) is 0 Å². The second kappa shape index (κ2) is 5.40. The van der Waals surface area contributed by atoms with Crippen LogP contribution in [0.4, 0.5) is 5.69 Å². The summed E-state index contributed by atoms with van der Waals surface area (Å²) in [4.78, 5) is 2.53. The van der Waals surface area contributed by atoms with Gasteiger partial charge in [0.1, 0.15) is 0 Å². The van der Waals surface area contributed by atoms with Gasteiger partial charge >= 0.3 is 0 Å². The minimum atomic E-state index is 0.531. The van der Waals surface area contributed by atoms with Gasteiger partial charge in [0.05, 0.1) is 5.69 Å². The van der Waals surface area contributed by atoms with E-state index >= 15 is 0 Å². The van der Waals surface area contributed by atoms with Gasteiger partial charge in [0.25, 0.3) is 0 Å². The predicted molar refractivity (Wildman–Crippen MR) is 77.5 cm³/mol. The van der Waals surface area contributed by atoms with Crippen molar-refractivity contribution in [2.75, 3.05) is 11.4 Å². The zero-order valence-electron chi connectivity index (χ0n) is 10.8. The number of para-hydroxylation sites is 1. The Kier molecular flexibility index (Phi) is 4.10. The predicted octanol–water partition coefficient (Wildman–Crippen LogP) is 3.55. The first-order valence-electron chi connectivity index (χ1n) is 6.41. The standard InChI is InChI=1S/C14H21BrN2/c1-4-11(3)17-9-10(2)16-8-12-6-5-7-13(15)14(12)17/h5-7,10-11,16H,4,8-9H2,1-3H3. The summed E-state index contributed by atoms with van der Waals surface area (Å²) in [5, 5.41) is 3.57. The molecule has 0 radical (unpaired) electrons. The number of benzene rings is 1. The maximum Gasteiger partial charge on any atom is 0.0559 e. The molecule has 2 rings (SSSR count). The van der Waals surface area contributed by atoms with Gasteiger partial charge < -0.3 is 10.2 Å². The number of rotatable bonds is 2. The second-order valence-electron chi connectivity index (χ2n) is 4.94. The summed E-state index contributed by atoms with van der Waals surface area (Å²) in [7, 11) is 0. The molecule has 0 saturated carbocycles. The Morgan fingerprint density at radius 1 is 1.53 bits per heavy atom. The van der Waals surface area contributed by atoms with Gasteiger partial charge in [0, 0.05) is 29.6 Å². The minimum absolute atomic E-state index is 0.531. The van der Waals surface area contributed by atoms with Crippen LogP contribution in [0.3, 0.4) is 0 Å². The zero-order chi connectivity index (χ0) is 12.4. The lowest BCUT2D eigenvalue weighted by Gasteiger charge is -2.33. The molecule has 0 amide bonds. The summed E-state index contributed by atoms with van der Waals surface area (Å²) < 4.78 is 1.21. The van der Waals surface area contributed by atoms with E-state index in [2.05, 4.69) is 65.1 Å². The summed E-state index contributed by atoms with van der Waals surface area (Å²) in [6.07, 6.45) is 1.17. The SMILES string of the molecule is CCC(C)N1CC(C)NCc2cccc(Br)c21. The fourth-order valence-corrected chi connectivity index (χ4v) is 3.02. The Hall–Kier alpha value is -0.540. The molecule has 1 aliphatic rings. The van der Waals surface area contributed by atoms with E-state index in [0.29, 0.717) is 12.1 Å². The highest BCUT2D eigenvalue weighted by Gasteiger charge is 2.23. The molecule has 1 aromatic rings. The van der Waals surface area contributed by atoms with Gasteiger partial charge in [-0.25, -0.2) is 0 Å². The van der Waals surface area contributed by atoms with E-state index in [9.17, 15) is 0 Å². The molecule has 3 heteroatoms. The molecule has 17 heavy (non-hydrogen) atoms. The first kappa shape index (κ1) is 12.9. The molecule has 1 aromatic carbocycles. The van der Waals surface area contributed by atoms with Crippen LogP contribution >= 0.6 is 15.9 Å². The highest BCUT2D eigenvalue weighted by Crippen LogP contribution is 2.33. The number of anilines is 1. The third kappa shape index (κ3) is 2.66. The van der Waals surface area contributed by atoms with Crippen LogP contribution in [-0.4, -0.2) is 18.6 Å². The van der Waals surface area contributed by atoms with Crippen LogP contribution < -0.4 is 10.2 Å². The monoisotopic (exact) mass is 296 g/mol. The molecule has 0 bridgehead atoms. The molecule has 2 unspecified atom stereocenters. The lowest BCUT2D eigenvalue weighted by molar-refractivity contribution is 0.521. The Morgan fingerprint density at radius 2 is 2.29 bits per heavy atom. The molecule has 0 saturated heterocycles. The Bertz CT molecular complexity index is 392. The lowest BCUT2D eigenvalue weighted by atomic mass is 10.1. The summed E-state index contributed by atoms with van der Waals surface area (Å²) in [5.41, 5.74) is 2.77. The quantitative estimate of drug-likeness (QED) is 0.898. The highest BCUT2D eigenvalue weighted by atomic mass is 79.9. The van der Waals surface area contributed by atoms with Crippen molar-refractivity contribution in [2.24, 2.45) is 0 Å². The minimum Gasteiger partial charge on any atom is -0.366 e. The van der Waals surface area contributed by atoms with E-state index in [-0.39, 0.29) is 0 Å². The van der Waals surface area contributed by atoms with Crippen molar-refractivity contribution >= 4 is 21.6 Å². The van der Waals surface area contributed by atoms with Gasteiger partial charge in [-0.15, -0.1) is 0 Å². The van der Waals surface area contributed by atoms with Crippen molar-refractivity contribution in [3.63, 3.8) is 0 Å². The zero-order valence-corrected chi connectivity index (χ0v) is 12.4. The van der Waals surface area contributed by atoms with E-state index in [1.54, 1.807) is 0 Å². The van der Waals surface area contributed by atoms with Gasteiger partial charge in [0.2, 0.25) is 0 Å². The normalized spacial score (nSPS) is 21.9. The van der Waals surface area contributed by atoms with Crippen LogP contribution in [0.5, 0.6) is 0 Å². The van der Waals surface area contributed by atoms with Gasteiger partial charge in [-0.1, -0.05) is 19.1 Å². The van der Waals surface area contributed by atoms with Crippen molar-refractivity contribution in [2.45, 2.75) is 45.8 Å². The molecule has 0 spiro atoms. The van der Waals surface area contributed by atoms with Gasteiger partial charge in [-0.05, 0) is 47.8 Å². The summed E-state index contributed by atoms with van der Waals surface area (Å²) in [5.74, 6) is 0. The average Bonchev–Trinajstić information content (AvgIpc) is 2.49. The highest BCUT2D eigenvalue weighted by molar-refractivity contribution is 9.10. The third-order valence-corrected chi connectivity index (χ3v) is 4.23.